The summed E-state index contributed by atoms with van der Waals surface area (Å²) in [5.74, 6) is 0.925. The topological polar surface area (TPSA) is 58.6 Å². The zero-order valence-corrected chi connectivity index (χ0v) is 16.6. The number of carbonyl (C=O) groups excluding carboxylic acids is 2. The van der Waals surface area contributed by atoms with E-state index in [4.69, 9.17) is 4.74 Å². The number of hydrogen-bond acceptors (Lipinski definition) is 3. The average molecular weight is 380 g/mol. The van der Waals surface area contributed by atoms with Crippen LogP contribution in [0.3, 0.4) is 0 Å². The van der Waals surface area contributed by atoms with Crippen LogP contribution < -0.4 is 15.0 Å². The van der Waals surface area contributed by atoms with Crippen LogP contribution in [0.1, 0.15) is 48.5 Å². The SMILES string of the molecule is COc1ccc(CCC(C)NC(=O)c2ccc(N3CCCCC3=O)cc2)cc1. The molecule has 0 saturated carbocycles. The van der Waals surface area contributed by atoms with Crippen LogP contribution in [0.4, 0.5) is 5.69 Å². The summed E-state index contributed by atoms with van der Waals surface area (Å²) in [6, 6.07) is 15.4. The lowest BCUT2D eigenvalue weighted by Gasteiger charge is -2.26. The first-order valence-corrected chi connectivity index (χ1v) is 9.91. The van der Waals surface area contributed by atoms with Crippen molar-refractivity contribution in [1.82, 2.24) is 5.32 Å². The van der Waals surface area contributed by atoms with Gasteiger partial charge < -0.3 is 15.0 Å². The van der Waals surface area contributed by atoms with Gasteiger partial charge in [0.05, 0.1) is 7.11 Å². The van der Waals surface area contributed by atoms with E-state index in [0.29, 0.717) is 12.0 Å². The van der Waals surface area contributed by atoms with Crippen LogP contribution in [0.5, 0.6) is 5.75 Å². The Balaban J connectivity index is 1.51. The number of benzene rings is 2. The summed E-state index contributed by atoms with van der Waals surface area (Å²) in [5.41, 5.74) is 2.70. The molecule has 3 rings (SSSR count). The quantitative estimate of drug-likeness (QED) is 0.791. The number of rotatable bonds is 7. The van der Waals surface area contributed by atoms with Gasteiger partial charge in [-0.05, 0) is 74.6 Å². The van der Waals surface area contributed by atoms with Gasteiger partial charge in [0.25, 0.3) is 5.91 Å². The number of ether oxygens (including phenoxy) is 1. The summed E-state index contributed by atoms with van der Waals surface area (Å²) in [4.78, 5) is 26.3. The Morgan fingerprint density at radius 2 is 1.82 bits per heavy atom. The Hall–Kier alpha value is -2.82. The summed E-state index contributed by atoms with van der Waals surface area (Å²) in [6.07, 6.45) is 4.34. The third kappa shape index (κ3) is 5.12. The molecule has 1 fully saturated rings. The van der Waals surface area contributed by atoms with Crippen molar-refractivity contribution in [2.24, 2.45) is 0 Å². The van der Waals surface area contributed by atoms with E-state index in [9.17, 15) is 9.59 Å². The van der Waals surface area contributed by atoms with Crippen LogP contribution in [0.15, 0.2) is 48.5 Å². The van der Waals surface area contributed by atoms with Crippen molar-refractivity contribution < 1.29 is 14.3 Å². The molecule has 2 aromatic carbocycles. The molecular weight excluding hydrogens is 352 g/mol. The highest BCUT2D eigenvalue weighted by atomic mass is 16.5. The summed E-state index contributed by atoms with van der Waals surface area (Å²) in [5, 5.41) is 3.05. The normalized spacial score (nSPS) is 15.2. The van der Waals surface area contributed by atoms with E-state index < -0.39 is 0 Å². The molecule has 0 radical (unpaired) electrons. The van der Waals surface area contributed by atoms with Crippen LogP contribution in [-0.4, -0.2) is 31.5 Å². The lowest BCUT2D eigenvalue weighted by Crippen LogP contribution is -2.35. The molecule has 5 heteroatoms. The number of anilines is 1. The van der Waals surface area contributed by atoms with Crippen LogP contribution in [0, 0.1) is 0 Å². The van der Waals surface area contributed by atoms with E-state index in [0.717, 1.165) is 43.7 Å². The summed E-state index contributed by atoms with van der Waals surface area (Å²) < 4.78 is 5.17. The van der Waals surface area contributed by atoms with E-state index in [1.807, 2.05) is 48.2 Å². The fraction of sp³-hybridized carbons (Fsp3) is 0.391. The van der Waals surface area contributed by atoms with Gasteiger partial charge in [-0.15, -0.1) is 0 Å². The van der Waals surface area contributed by atoms with Crippen molar-refractivity contribution in [3.05, 3.63) is 59.7 Å². The molecule has 1 unspecified atom stereocenters. The molecule has 1 heterocycles. The number of nitrogens with one attached hydrogen (secondary N) is 1. The highest BCUT2D eigenvalue weighted by molar-refractivity contribution is 5.97. The molecule has 1 saturated heterocycles. The summed E-state index contributed by atoms with van der Waals surface area (Å²) >= 11 is 0. The molecule has 2 aromatic rings. The van der Waals surface area contributed by atoms with Gasteiger partial charge in [-0.25, -0.2) is 0 Å². The van der Waals surface area contributed by atoms with Crippen molar-refractivity contribution in [1.29, 1.82) is 0 Å². The van der Waals surface area contributed by atoms with Crippen molar-refractivity contribution >= 4 is 17.5 Å². The van der Waals surface area contributed by atoms with Crippen LogP contribution in [0.25, 0.3) is 0 Å². The molecule has 0 aliphatic carbocycles. The van der Waals surface area contributed by atoms with Gasteiger partial charge in [0.15, 0.2) is 0 Å². The fourth-order valence-corrected chi connectivity index (χ4v) is 3.43. The van der Waals surface area contributed by atoms with E-state index >= 15 is 0 Å². The van der Waals surface area contributed by atoms with Crippen molar-refractivity contribution in [2.75, 3.05) is 18.6 Å². The molecule has 148 valence electrons. The summed E-state index contributed by atoms with van der Waals surface area (Å²) in [7, 11) is 1.66. The van der Waals surface area contributed by atoms with Gasteiger partial charge in [0, 0.05) is 30.3 Å². The molecule has 0 bridgehead atoms. The lowest BCUT2D eigenvalue weighted by molar-refractivity contribution is -0.119. The molecule has 1 atom stereocenters. The van der Waals surface area contributed by atoms with Crippen molar-refractivity contribution in [3.63, 3.8) is 0 Å². The van der Waals surface area contributed by atoms with Crippen molar-refractivity contribution in [3.8, 4) is 5.75 Å². The van der Waals surface area contributed by atoms with Gasteiger partial charge >= 0.3 is 0 Å². The Labute approximate surface area is 166 Å². The number of methoxy groups -OCH3 is 1. The zero-order chi connectivity index (χ0) is 19.9. The van der Waals surface area contributed by atoms with Gasteiger partial charge in [0.1, 0.15) is 5.75 Å². The molecule has 1 aliphatic rings. The molecule has 2 amide bonds. The predicted octanol–water partition coefficient (Wildman–Crippen LogP) is 3.96. The van der Waals surface area contributed by atoms with Crippen LogP contribution in [-0.2, 0) is 11.2 Å². The van der Waals surface area contributed by atoms with Crippen molar-refractivity contribution in [2.45, 2.75) is 45.1 Å². The monoisotopic (exact) mass is 380 g/mol. The van der Waals surface area contributed by atoms with Crippen LogP contribution in [0.2, 0.25) is 0 Å². The molecule has 1 aliphatic heterocycles. The Morgan fingerprint density at radius 3 is 2.46 bits per heavy atom. The minimum atomic E-state index is -0.0845. The molecule has 5 nitrogen and oxygen atoms in total. The van der Waals surface area contributed by atoms with Gasteiger partial charge in [-0.1, -0.05) is 12.1 Å². The van der Waals surface area contributed by atoms with Crippen LogP contribution >= 0.6 is 0 Å². The third-order valence-corrected chi connectivity index (χ3v) is 5.17. The van der Waals surface area contributed by atoms with E-state index in [-0.39, 0.29) is 17.9 Å². The number of hydrogen-bond donors (Lipinski definition) is 1. The maximum atomic E-state index is 12.5. The molecule has 0 aromatic heterocycles. The standard InChI is InChI=1S/C23H28N2O3/c1-17(6-7-18-8-14-21(28-2)15-9-18)24-23(27)19-10-12-20(13-11-19)25-16-4-3-5-22(25)26/h8-15,17H,3-7,16H2,1-2H3,(H,24,27). The number of piperidine rings is 1. The Bertz CT molecular complexity index is 800. The molecule has 0 spiro atoms. The average Bonchev–Trinajstić information content (AvgIpc) is 2.73. The number of amides is 2. The second-order valence-corrected chi connectivity index (χ2v) is 7.31. The first-order chi connectivity index (χ1) is 13.6. The molecule has 28 heavy (non-hydrogen) atoms. The highest BCUT2D eigenvalue weighted by Gasteiger charge is 2.19. The minimum absolute atomic E-state index is 0.0675. The second-order valence-electron chi connectivity index (χ2n) is 7.31. The first kappa shape index (κ1) is 19.9. The highest BCUT2D eigenvalue weighted by Crippen LogP contribution is 2.21. The number of carbonyl (C=O) groups is 2. The second kappa shape index (κ2) is 9.40. The maximum absolute atomic E-state index is 12.5. The number of aryl methyl sites for hydroxylation is 1. The first-order valence-electron chi connectivity index (χ1n) is 9.91. The van der Waals surface area contributed by atoms with Gasteiger partial charge in [0.2, 0.25) is 5.91 Å². The van der Waals surface area contributed by atoms with Gasteiger partial charge in [-0.3, -0.25) is 9.59 Å². The minimum Gasteiger partial charge on any atom is -0.497 e. The van der Waals surface area contributed by atoms with Gasteiger partial charge in [-0.2, -0.15) is 0 Å². The Kier molecular flexibility index (Phi) is 6.69. The maximum Gasteiger partial charge on any atom is 0.251 e. The van der Waals surface area contributed by atoms with E-state index in [1.165, 1.54) is 5.56 Å². The van der Waals surface area contributed by atoms with E-state index in [2.05, 4.69) is 5.32 Å². The summed E-state index contributed by atoms with van der Waals surface area (Å²) in [6.45, 7) is 2.77. The van der Waals surface area contributed by atoms with E-state index in [1.54, 1.807) is 19.2 Å². The third-order valence-electron chi connectivity index (χ3n) is 5.17. The largest absolute Gasteiger partial charge is 0.497 e. The smallest absolute Gasteiger partial charge is 0.251 e. The lowest BCUT2D eigenvalue weighted by atomic mass is 10.1. The Morgan fingerprint density at radius 1 is 1.11 bits per heavy atom. The fourth-order valence-electron chi connectivity index (χ4n) is 3.43. The predicted molar refractivity (Wildman–Crippen MR) is 111 cm³/mol. The molecule has 1 N–H and O–H groups in total. The number of nitrogens with zero attached hydrogens (tertiary/aromatic N) is 1. The molecular formula is C23H28N2O3. The zero-order valence-electron chi connectivity index (χ0n) is 16.6.